The summed E-state index contributed by atoms with van der Waals surface area (Å²) in [4.78, 5) is 4.71. The van der Waals surface area contributed by atoms with Crippen LogP contribution in [0, 0.1) is 5.92 Å². The van der Waals surface area contributed by atoms with Crippen molar-refractivity contribution < 1.29 is 10.2 Å². The number of nitrogens with two attached hydrogens (primary N) is 1. The van der Waals surface area contributed by atoms with Crippen LogP contribution in [0.1, 0.15) is 61.9 Å². The number of rotatable bonds is 4. The molecule has 2 unspecified atom stereocenters. The van der Waals surface area contributed by atoms with Crippen LogP contribution in [0.15, 0.2) is 28.9 Å². The first-order valence-electron chi connectivity index (χ1n) is 9.44. The lowest BCUT2D eigenvalue weighted by Crippen LogP contribution is -2.20. The van der Waals surface area contributed by atoms with Crippen LogP contribution in [-0.2, 0) is 12.8 Å². The second-order valence-electron chi connectivity index (χ2n) is 6.46. The Balaban J connectivity index is 0.00000117. The molecule has 0 spiro atoms. The number of nitrogens with zero attached hydrogens (tertiary/aromatic N) is 1. The first-order valence-corrected chi connectivity index (χ1v) is 10.2. The Morgan fingerprint density at radius 2 is 1.88 bits per heavy atom. The topological polar surface area (TPSA) is 79.4 Å². The van der Waals surface area contributed by atoms with E-state index in [0.29, 0.717) is 12.5 Å². The third kappa shape index (κ3) is 4.21. The highest BCUT2D eigenvalue weighted by Gasteiger charge is 2.33. The largest absolute Gasteiger partial charge is 0.508 e. The number of hydrogen-bond donors (Lipinski definition) is 3. The van der Waals surface area contributed by atoms with Gasteiger partial charge in [-0.1, -0.05) is 27.2 Å². The Morgan fingerprint density at radius 1 is 1.19 bits per heavy atom. The second kappa shape index (κ2) is 9.38. The molecule has 0 radical (unpaired) electrons. The summed E-state index contributed by atoms with van der Waals surface area (Å²) in [7, 11) is 0. The molecule has 0 fully saturated rings. The fraction of sp³-hybridized carbons (Fsp3) is 0.476. The number of phenolic OH excluding ortho intramolecular Hbond substituents is 2. The van der Waals surface area contributed by atoms with Crippen molar-refractivity contribution in [1.82, 2.24) is 4.98 Å². The van der Waals surface area contributed by atoms with E-state index in [1.54, 1.807) is 6.07 Å². The summed E-state index contributed by atoms with van der Waals surface area (Å²) in [6, 6.07) is 5.33. The minimum atomic E-state index is -0.000231. The van der Waals surface area contributed by atoms with Crippen molar-refractivity contribution in [3.63, 3.8) is 0 Å². The molecule has 1 heterocycles. The Hall–Kier alpha value is -1.59. The number of fused-ring (bicyclic) bond motifs is 2. The molecule has 0 bridgehead atoms. The molecule has 4 N–H and O–H groups in total. The van der Waals surface area contributed by atoms with Crippen LogP contribution >= 0.6 is 15.9 Å². The average molecular weight is 421 g/mol. The van der Waals surface area contributed by atoms with Crippen molar-refractivity contribution >= 4 is 15.9 Å². The standard InChI is InChI=1S/C19H23BrN2O2.C2H6/c1-2-11(5-6-21)18-17-12(8-15(23)9-16(17)24)3-4-13-7-14(20)10-22-19(13)18;1-2/h7-11,18,23-24H,2-6,21H2,1H3;1-2H3. The SMILES string of the molecule is CC.CCC(CCN)C1c2ncc(Br)cc2CCc2cc(O)cc(O)c21. The number of halogens is 1. The summed E-state index contributed by atoms with van der Waals surface area (Å²) in [5, 5.41) is 20.5. The molecule has 2 atom stereocenters. The number of aromatic nitrogens is 1. The Labute approximate surface area is 164 Å². The minimum absolute atomic E-state index is 0.000231. The van der Waals surface area contributed by atoms with Gasteiger partial charge in [-0.15, -0.1) is 0 Å². The van der Waals surface area contributed by atoms with Gasteiger partial charge in [-0.05, 0) is 70.9 Å². The van der Waals surface area contributed by atoms with Gasteiger partial charge in [0.25, 0.3) is 0 Å². The first-order chi connectivity index (χ1) is 12.5. The summed E-state index contributed by atoms with van der Waals surface area (Å²) in [5.41, 5.74) is 9.97. The number of hydrogen-bond acceptors (Lipinski definition) is 4. The molecule has 0 aliphatic heterocycles. The summed E-state index contributed by atoms with van der Waals surface area (Å²) in [5.74, 6) is 0.564. The lowest BCUT2D eigenvalue weighted by molar-refractivity contribution is 0.395. The number of aryl methyl sites for hydroxylation is 2. The molecule has 4 nitrogen and oxygen atoms in total. The van der Waals surface area contributed by atoms with Gasteiger partial charge in [-0.3, -0.25) is 4.98 Å². The van der Waals surface area contributed by atoms with E-state index < -0.39 is 0 Å². The summed E-state index contributed by atoms with van der Waals surface area (Å²) < 4.78 is 0.963. The van der Waals surface area contributed by atoms with Crippen LogP contribution in [0.4, 0.5) is 0 Å². The van der Waals surface area contributed by atoms with Crippen LogP contribution in [-0.4, -0.2) is 21.7 Å². The van der Waals surface area contributed by atoms with E-state index in [1.807, 2.05) is 20.0 Å². The van der Waals surface area contributed by atoms with E-state index in [2.05, 4.69) is 28.9 Å². The molecule has 3 rings (SSSR count). The van der Waals surface area contributed by atoms with Gasteiger partial charge in [-0.25, -0.2) is 0 Å². The van der Waals surface area contributed by atoms with Crippen molar-refractivity contribution in [3.8, 4) is 11.5 Å². The molecule has 0 saturated heterocycles. The predicted octanol–water partition coefficient (Wildman–Crippen LogP) is 4.89. The Kier molecular flexibility index (Phi) is 7.47. The molecule has 1 aliphatic carbocycles. The molecule has 2 aromatic rings. The smallest absolute Gasteiger partial charge is 0.123 e. The van der Waals surface area contributed by atoms with Crippen LogP contribution in [0.5, 0.6) is 11.5 Å². The fourth-order valence-electron chi connectivity index (χ4n) is 3.90. The van der Waals surface area contributed by atoms with Crippen molar-refractivity contribution in [3.05, 3.63) is 51.3 Å². The summed E-state index contributed by atoms with van der Waals surface area (Å²) >= 11 is 3.51. The third-order valence-corrected chi connectivity index (χ3v) is 5.43. The van der Waals surface area contributed by atoms with E-state index in [0.717, 1.165) is 47.0 Å². The van der Waals surface area contributed by atoms with Crippen LogP contribution in [0.3, 0.4) is 0 Å². The third-order valence-electron chi connectivity index (χ3n) is 5.00. The lowest BCUT2D eigenvalue weighted by Gasteiger charge is -2.28. The van der Waals surface area contributed by atoms with Crippen LogP contribution < -0.4 is 5.73 Å². The van der Waals surface area contributed by atoms with Crippen molar-refractivity contribution in [2.75, 3.05) is 6.54 Å². The van der Waals surface area contributed by atoms with E-state index in [1.165, 1.54) is 11.6 Å². The van der Waals surface area contributed by atoms with Gasteiger partial charge in [0.2, 0.25) is 0 Å². The van der Waals surface area contributed by atoms with E-state index >= 15 is 0 Å². The molecule has 26 heavy (non-hydrogen) atoms. The van der Waals surface area contributed by atoms with Gasteiger partial charge in [0, 0.05) is 28.2 Å². The lowest BCUT2D eigenvalue weighted by atomic mass is 9.77. The highest BCUT2D eigenvalue weighted by atomic mass is 79.9. The highest BCUT2D eigenvalue weighted by Crippen LogP contribution is 2.45. The molecule has 1 aromatic heterocycles. The number of pyridine rings is 1. The molecule has 1 aliphatic rings. The summed E-state index contributed by atoms with van der Waals surface area (Å²) in [6.07, 6.45) is 5.27. The predicted molar refractivity (Wildman–Crippen MR) is 110 cm³/mol. The Morgan fingerprint density at radius 3 is 2.54 bits per heavy atom. The van der Waals surface area contributed by atoms with Crippen molar-refractivity contribution in [1.29, 1.82) is 0 Å². The minimum Gasteiger partial charge on any atom is -0.508 e. The zero-order valence-corrected chi connectivity index (χ0v) is 17.4. The summed E-state index contributed by atoms with van der Waals surface area (Å²) in [6.45, 7) is 6.76. The highest BCUT2D eigenvalue weighted by molar-refractivity contribution is 9.10. The van der Waals surface area contributed by atoms with Gasteiger partial charge in [0.15, 0.2) is 0 Å². The van der Waals surface area contributed by atoms with E-state index in [-0.39, 0.29) is 17.4 Å². The van der Waals surface area contributed by atoms with Crippen LogP contribution in [0.25, 0.3) is 0 Å². The monoisotopic (exact) mass is 420 g/mol. The quantitative estimate of drug-likeness (QED) is 0.657. The maximum atomic E-state index is 10.6. The van der Waals surface area contributed by atoms with E-state index in [9.17, 15) is 10.2 Å². The van der Waals surface area contributed by atoms with Gasteiger partial charge in [0.05, 0.1) is 5.69 Å². The normalized spacial score (nSPS) is 16.6. The molecule has 0 saturated carbocycles. The van der Waals surface area contributed by atoms with Crippen molar-refractivity contribution in [2.24, 2.45) is 11.7 Å². The molecular formula is C21H29BrN2O2. The van der Waals surface area contributed by atoms with Gasteiger partial charge in [-0.2, -0.15) is 0 Å². The maximum Gasteiger partial charge on any atom is 0.123 e. The molecular weight excluding hydrogens is 392 g/mol. The molecule has 0 amide bonds. The zero-order chi connectivity index (χ0) is 19.3. The number of benzene rings is 1. The Bertz CT molecular complexity index is 749. The number of phenols is 2. The molecule has 1 aromatic carbocycles. The fourth-order valence-corrected chi connectivity index (χ4v) is 4.28. The number of aromatic hydroxyl groups is 2. The second-order valence-corrected chi connectivity index (χ2v) is 7.37. The van der Waals surface area contributed by atoms with Crippen LogP contribution in [0.2, 0.25) is 0 Å². The van der Waals surface area contributed by atoms with Gasteiger partial charge >= 0.3 is 0 Å². The maximum absolute atomic E-state index is 10.6. The van der Waals surface area contributed by atoms with Gasteiger partial charge < -0.3 is 15.9 Å². The first kappa shape index (κ1) is 20.7. The van der Waals surface area contributed by atoms with E-state index in [4.69, 9.17) is 10.7 Å². The average Bonchev–Trinajstić information content (AvgIpc) is 2.78. The van der Waals surface area contributed by atoms with Crippen molar-refractivity contribution in [2.45, 2.75) is 52.4 Å². The molecule has 142 valence electrons. The zero-order valence-electron chi connectivity index (χ0n) is 15.8. The van der Waals surface area contributed by atoms with Gasteiger partial charge in [0.1, 0.15) is 11.5 Å². The molecule has 5 heteroatoms.